The quantitative estimate of drug-likeness (QED) is 0.630. The van der Waals surface area contributed by atoms with E-state index in [0.29, 0.717) is 24.1 Å². The second-order valence-corrected chi connectivity index (χ2v) is 5.59. The van der Waals surface area contributed by atoms with E-state index in [-0.39, 0.29) is 5.75 Å². The van der Waals surface area contributed by atoms with Crippen molar-refractivity contribution in [1.29, 1.82) is 5.26 Å². The third-order valence-electron chi connectivity index (χ3n) is 2.35. The first-order chi connectivity index (χ1) is 8.59. The van der Waals surface area contributed by atoms with Gasteiger partial charge in [0.1, 0.15) is 0 Å². The Morgan fingerprint density at radius 3 is 2.78 bits per heavy atom. The minimum atomic E-state index is -3.38. The number of hydrogen-bond acceptors (Lipinski definition) is 3. The van der Waals surface area contributed by atoms with Crippen LogP contribution in [0.4, 0.5) is 0 Å². The zero-order valence-corrected chi connectivity index (χ0v) is 11.1. The molecular formula is C13H16N2O2S. The van der Waals surface area contributed by atoms with Crippen molar-refractivity contribution in [3.05, 3.63) is 47.5 Å². The SMILES string of the molecule is C/C=C/CCNS(=O)(=O)Cc1ccccc1C#N. The average molecular weight is 264 g/mol. The van der Waals surface area contributed by atoms with E-state index in [1.54, 1.807) is 24.3 Å². The highest BCUT2D eigenvalue weighted by molar-refractivity contribution is 7.88. The van der Waals surface area contributed by atoms with Crippen molar-refractivity contribution in [3.63, 3.8) is 0 Å². The van der Waals surface area contributed by atoms with Gasteiger partial charge in [0.25, 0.3) is 0 Å². The van der Waals surface area contributed by atoms with Crippen molar-refractivity contribution in [2.75, 3.05) is 6.54 Å². The molecule has 0 atom stereocenters. The summed E-state index contributed by atoms with van der Waals surface area (Å²) in [6, 6.07) is 8.71. The lowest BCUT2D eigenvalue weighted by Crippen LogP contribution is -2.26. The van der Waals surface area contributed by atoms with E-state index >= 15 is 0 Å². The van der Waals surface area contributed by atoms with Crippen molar-refractivity contribution < 1.29 is 8.42 Å². The van der Waals surface area contributed by atoms with Crippen LogP contribution in [0.5, 0.6) is 0 Å². The van der Waals surface area contributed by atoms with Crippen molar-refractivity contribution in [3.8, 4) is 6.07 Å². The van der Waals surface area contributed by atoms with Crippen molar-refractivity contribution >= 4 is 10.0 Å². The minimum absolute atomic E-state index is 0.160. The van der Waals surface area contributed by atoms with Crippen molar-refractivity contribution in [2.24, 2.45) is 0 Å². The predicted octanol–water partition coefficient (Wildman–Crippen LogP) is 1.94. The van der Waals surface area contributed by atoms with E-state index in [2.05, 4.69) is 4.72 Å². The summed E-state index contributed by atoms with van der Waals surface area (Å²) in [5, 5.41) is 8.89. The molecule has 0 amide bonds. The van der Waals surface area contributed by atoms with Crippen LogP contribution in [0.1, 0.15) is 24.5 Å². The van der Waals surface area contributed by atoms with Gasteiger partial charge < -0.3 is 0 Å². The number of benzene rings is 1. The van der Waals surface area contributed by atoms with E-state index in [0.717, 1.165) is 0 Å². The van der Waals surface area contributed by atoms with Crippen LogP contribution in [0.3, 0.4) is 0 Å². The maximum Gasteiger partial charge on any atom is 0.215 e. The Labute approximate surface area is 108 Å². The van der Waals surface area contributed by atoms with Gasteiger partial charge in [-0.1, -0.05) is 30.4 Å². The zero-order chi connectivity index (χ0) is 13.4. The molecule has 1 N–H and O–H groups in total. The maximum atomic E-state index is 11.8. The molecule has 0 fully saturated rings. The number of nitriles is 1. The Morgan fingerprint density at radius 1 is 1.39 bits per heavy atom. The van der Waals surface area contributed by atoms with E-state index in [1.807, 2.05) is 25.1 Å². The van der Waals surface area contributed by atoms with E-state index < -0.39 is 10.0 Å². The zero-order valence-electron chi connectivity index (χ0n) is 10.3. The van der Waals surface area contributed by atoms with Gasteiger partial charge in [-0.05, 0) is 25.0 Å². The minimum Gasteiger partial charge on any atom is -0.215 e. The van der Waals surface area contributed by atoms with Crippen LogP contribution in [-0.2, 0) is 15.8 Å². The number of sulfonamides is 1. The number of allylic oxidation sites excluding steroid dienone is 1. The molecule has 0 aliphatic rings. The lowest BCUT2D eigenvalue weighted by Gasteiger charge is -2.06. The molecular weight excluding hydrogens is 248 g/mol. The molecule has 0 unspecified atom stereocenters. The molecule has 0 radical (unpaired) electrons. The van der Waals surface area contributed by atoms with Crippen LogP contribution in [0.2, 0.25) is 0 Å². The molecule has 0 saturated heterocycles. The Bertz CT molecular complexity index is 557. The Hall–Kier alpha value is -1.64. The summed E-state index contributed by atoms with van der Waals surface area (Å²) < 4.78 is 26.1. The third kappa shape index (κ3) is 4.70. The molecule has 96 valence electrons. The average Bonchev–Trinajstić information content (AvgIpc) is 2.35. The molecule has 18 heavy (non-hydrogen) atoms. The Balaban J connectivity index is 2.68. The molecule has 1 aromatic rings. The van der Waals surface area contributed by atoms with Gasteiger partial charge in [0.2, 0.25) is 10.0 Å². The van der Waals surface area contributed by atoms with Crippen LogP contribution >= 0.6 is 0 Å². The van der Waals surface area contributed by atoms with Crippen molar-refractivity contribution in [2.45, 2.75) is 19.1 Å². The van der Waals surface area contributed by atoms with Crippen LogP contribution < -0.4 is 4.72 Å². The van der Waals surface area contributed by atoms with Gasteiger partial charge >= 0.3 is 0 Å². The molecule has 1 rings (SSSR count). The molecule has 0 bridgehead atoms. The van der Waals surface area contributed by atoms with E-state index in [9.17, 15) is 8.42 Å². The molecule has 0 aliphatic carbocycles. The number of rotatable bonds is 6. The Kier molecular flexibility index (Phi) is 5.56. The van der Waals surface area contributed by atoms with E-state index in [1.165, 1.54) is 0 Å². The topological polar surface area (TPSA) is 70.0 Å². The van der Waals surface area contributed by atoms with Gasteiger partial charge in [-0.2, -0.15) is 5.26 Å². The highest BCUT2D eigenvalue weighted by Crippen LogP contribution is 2.10. The summed E-state index contributed by atoms with van der Waals surface area (Å²) in [6.45, 7) is 2.26. The fraction of sp³-hybridized carbons (Fsp3) is 0.308. The highest BCUT2D eigenvalue weighted by Gasteiger charge is 2.12. The largest absolute Gasteiger partial charge is 0.215 e. The van der Waals surface area contributed by atoms with Crippen LogP contribution in [0.25, 0.3) is 0 Å². The molecule has 1 aromatic carbocycles. The van der Waals surface area contributed by atoms with Crippen molar-refractivity contribution in [1.82, 2.24) is 4.72 Å². The second-order valence-electron chi connectivity index (χ2n) is 3.78. The van der Waals surface area contributed by atoms with Gasteiger partial charge in [0, 0.05) is 6.54 Å². The normalized spacial score (nSPS) is 11.6. The lowest BCUT2D eigenvalue weighted by molar-refractivity contribution is 0.581. The summed E-state index contributed by atoms with van der Waals surface area (Å²) in [7, 11) is -3.38. The summed E-state index contributed by atoms with van der Waals surface area (Å²) in [6.07, 6.45) is 4.43. The van der Waals surface area contributed by atoms with Gasteiger partial charge in [0.05, 0.1) is 17.4 Å². The second kappa shape index (κ2) is 6.94. The number of nitrogens with one attached hydrogen (secondary N) is 1. The molecule has 0 aromatic heterocycles. The Morgan fingerprint density at radius 2 is 2.11 bits per heavy atom. The molecule has 4 nitrogen and oxygen atoms in total. The van der Waals surface area contributed by atoms with Crippen LogP contribution in [0.15, 0.2) is 36.4 Å². The van der Waals surface area contributed by atoms with Gasteiger partial charge in [0.15, 0.2) is 0 Å². The first-order valence-electron chi connectivity index (χ1n) is 5.65. The molecule has 0 spiro atoms. The first-order valence-corrected chi connectivity index (χ1v) is 7.31. The lowest BCUT2D eigenvalue weighted by atomic mass is 10.1. The maximum absolute atomic E-state index is 11.8. The predicted molar refractivity (Wildman–Crippen MR) is 71.2 cm³/mol. The molecule has 0 aliphatic heterocycles. The number of hydrogen-bond donors (Lipinski definition) is 1. The summed E-state index contributed by atoms with van der Waals surface area (Å²) in [4.78, 5) is 0. The van der Waals surface area contributed by atoms with Crippen LogP contribution in [0, 0.1) is 11.3 Å². The molecule has 0 heterocycles. The fourth-order valence-electron chi connectivity index (χ4n) is 1.48. The van der Waals surface area contributed by atoms with Gasteiger partial charge in [-0.3, -0.25) is 0 Å². The fourth-order valence-corrected chi connectivity index (χ4v) is 2.67. The summed E-state index contributed by atoms with van der Waals surface area (Å²) in [5.41, 5.74) is 0.926. The van der Waals surface area contributed by atoms with E-state index in [4.69, 9.17) is 5.26 Å². The summed E-state index contributed by atoms with van der Waals surface area (Å²) in [5.74, 6) is -0.160. The smallest absolute Gasteiger partial charge is 0.215 e. The monoisotopic (exact) mass is 264 g/mol. The van der Waals surface area contributed by atoms with Crippen LogP contribution in [-0.4, -0.2) is 15.0 Å². The molecule has 0 saturated carbocycles. The number of nitrogens with zero attached hydrogens (tertiary/aromatic N) is 1. The highest BCUT2D eigenvalue weighted by atomic mass is 32.2. The third-order valence-corrected chi connectivity index (χ3v) is 3.69. The summed E-state index contributed by atoms with van der Waals surface area (Å²) >= 11 is 0. The van der Waals surface area contributed by atoms with Gasteiger partial charge in [-0.15, -0.1) is 0 Å². The molecule has 5 heteroatoms. The van der Waals surface area contributed by atoms with Gasteiger partial charge in [-0.25, -0.2) is 13.1 Å². The first kappa shape index (κ1) is 14.4. The standard InChI is InChI=1S/C13H16N2O2S/c1-2-3-6-9-15-18(16,17)11-13-8-5-4-7-12(13)10-14/h2-5,7-8,15H,6,9,11H2,1H3/b3-2+.